The van der Waals surface area contributed by atoms with E-state index < -0.39 is 0 Å². The second kappa shape index (κ2) is 5.07. The van der Waals surface area contributed by atoms with Crippen LogP contribution >= 0.6 is 11.3 Å². The van der Waals surface area contributed by atoms with Gasteiger partial charge < -0.3 is 5.32 Å². The Morgan fingerprint density at radius 3 is 2.79 bits per heavy atom. The van der Waals surface area contributed by atoms with Gasteiger partial charge in [0.15, 0.2) is 0 Å². The fraction of sp³-hybridized carbons (Fsp3) is 0.556. The largest absolute Gasteiger partial charge is 0.358 e. The molecule has 0 radical (unpaired) electrons. The van der Waals surface area contributed by atoms with E-state index in [1.165, 1.54) is 0 Å². The minimum atomic E-state index is -0.198. The number of likely N-dealkylation sites (N-methyl/N-ethyl adjacent to an activating group) is 1. The Morgan fingerprint density at radius 2 is 2.29 bits per heavy atom. The van der Waals surface area contributed by atoms with Crippen molar-refractivity contribution >= 4 is 17.2 Å². The number of hydrogen-bond acceptors (Lipinski definition) is 4. The van der Waals surface area contributed by atoms with Gasteiger partial charge in [0, 0.05) is 18.5 Å². The molecule has 1 rings (SSSR count). The van der Waals surface area contributed by atoms with Crippen molar-refractivity contribution in [1.29, 1.82) is 0 Å². The normalized spacial score (nSPS) is 14.8. The number of carbonyl (C=O) groups excluding carboxylic acids is 1. The van der Waals surface area contributed by atoms with E-state index in [1.807, 2.05) is 19.2 Å². The molecule has 2 unspecified atom stereocenters. The van der Waals surface area contributed by atoms with Crippen LogP contribution in [0.25, 0.3) is 0 Å². The maximum Gasteiger partial charge on any atom is 0.236 e. The lowest BCUT2D eigenvalue weighted by molar-refractivity contribution is -0.122. The number of carbonyl (C=O) groups is 1. The van der Waals surface area contributed by atoms with Crippen LogP contribution in [0.15, 0.2) is 10.9 Å². The van der Waals surface area contributed by atoms with Gasteiger partial charge in [-0.2, -0.15) is 0 Å². The zero-order valence-electron chi connectivity index (χ0n) is 8.57. The number of nitrogens with zero attached hydrogens (tertiary/aromatic N) is 1. The Bertz CT molecular complexity index is 286. The molecule has 0 saturated heterocycles. The first kappa shape index (κ1) is 11.1. The summed E-state index contributed by atoms with van der Waals surface area (Å²) >= 11 is 1.56. The first-order valence-electron chi connectivity index (χ1n) is 4.51. The summed E-state index contributed by atoms with van der Waals surface area (Å²) in [5.74, 6) is -0.00733. The molecule has 0 aliphatic rings. The maximum absolute atomic E-state index is 11.2. The molecule has 0 bridgehead atoms. The maximum atomic E-state index is 11.2. The SMILES string of the molecule is CNC(=O)C(C)NC(C)c1cscn1. The van der Waals surface area contributed by atoms with E-state index >= 15 is 0 Å². The molecule has 4 nitrogen and oxygen atoms in total. The highest BCUT2D eigenvalue weighted by Gasteiger charge is 2.15. The molecular formula is C9H15N3OS. The smallest absolute Gasteiger partial charge is 0.236 e. The van der Waals surface area contributed by atoms with Crippen molar-refractivity contribution in [2.45, 2.75) is 25.9 Å². The van der Waals surface area contributed by atoms with Crippen LogP contribution in [0.1, 0.15) is 25.6 Å². The van der Waals surface area contributed by atoms with Gasteiger partial charge in [0.25, 0.3) is 0 Å². The molecule has 0 aliphatic carbocycles. The average Bonchev–Trinajstić information content (AvgIpc) is 2.69. The van der Waals surface area contributed by atoms with Crippen LogP contribution in [0, 0.1) is 0 Å². The summed E-state index contributed by atoms with van der Waals surface area (Å²) < 4.78 is 0. The third-order valence-corrected chi connectivity index (χ3v) is 2.64. The molecule has 5 heteroatoms. The second-order valence-electron chi connectivity index (χ2n) is 3.14. The van der Waals surface area contributed by atoms with Crippen molar-refractivity contribution in [2.24, 2.45) is 0 Å². The Kier molecular flexibility index (Phi) is 4.03. The summed E-state index contributed by atoms with van der Waals surface area (Å²) in [6.45, 7) is 3.83. The van der Waals surface area contributed by atoms with E-state index in [0.717, 1.165) is 5.69 Å². The van der Waals surface area contributed by atoms with Gasteiger partial charge in [-0.1, -0.05) is 0 Å². The van der Waals surface area contributed by atoms with Crippen molar-refractivity contribution in [3.05, 3.63) is 16.6 Å². The van der Waals surface area contributed by atoms with E-state index in [9.17, 15) is 4.79 Å². The lowest BCUT2D eigenvalue weighted by Gasteiger charge is -2.17. The number of aromatic nitrogens is 1. The first-order valence-corrected chi connectivity index (χ1v) is 5.45. The lowest BCUT2D eigenvalue weighted by atomic mass is 10.2. The van der Waals surface area contributed by atoms with Crippen LogP contribution in [0.5, 0.6) is 0 Å². The van der Waals surface area contributed by atoms with Gasteiger partial charge in [-0.3, -0.25) is 10.1 Å². The second-order valence-corrected chi connectivity index (χ2v) is 3.86. The standard InChI is InChI=1S/C9H15N3OS/c1-6(8-4-14-5-11-8)12-7(2)9(13)10-3/h4-7,12H,1-3H3,(H,10,13). The predicted octanol–water partition coefficient (Wildman–Crippen LogP) is 0.928. The minimum absolute atomic E-state index is 0.00733. The molecule has 0 aromatic carbocycles. The van der Waals surface area contributed by atoms with Crippen LogP contribution in [0.2, 0.25) is 0 Å². The number of nitrogens with one attached hydrogen (secondary N) is 2. The Labute approximate surface area is 87.7 Å². The zero-order chi connectivity index (χ0) is 10.6. The molecule has 0 fully saturated rings. The summed E-state index contributed by atoms with van der Waals surface area (Å²) in [6.07, 6.45) is 0. The number of thiazole rings is 1. The first-order chi connectivity index (χ1) is 6.65. The Morgan fingerprint density at radius 1 is 1.57 bits per heavy atom. The van der Waals surface area contributed by atoms with E-state index in [2.05, 4.69) is 15.6 Å². The quantitative estimate of drug-likeness (QED) is 0.782. The van der Waals surface area contributed by atoms with Crippen molar-refractivity contribution in [3.63, 3.8) is 0 Å². The highest BCUT2D eigenvalue weighted by Crippen LogP contribution is 2.12. The van der Waals surface area contributed by atoms with Gasteiger partial charge in [0.05, 0.1) is 17.2 Å². The molecule has 1 amide bonds. The fourth-order valence-corrected chi connectivity index (χ4v) is 1.84. The highest BCUT2D eigenvalue weighted by atomic mass is 32.1. The number of hydrogen-bond donors (Lipinski definition) is 2. The third kappa shape index (κ3) is 2.78. The molecule has 1 aromatic heterocycles. The van der Waals surface area contributed by atoms with Gasteiger partial charge in [-0.05, 0) is 13.8 Å². The van der Waals surface area contributed by atoms with Gasteiger partial charge in [-0.25, -0.2) is 4.98 Å². The Balaban J connectivity index is 2.49. The molecule has 1 aromatic rings. The van der Waals surface area contributed by atoms with E-state index in [0.29, 0.717) is 0 Å². The molecule has 1 heterocycles. The Hall–Kier alpha value is -0.940. The van der Waals surface area contributed by atoms with Crippen LogP contribution in [-0.4, -0.2) is 24.0 Å². The van der Waals surface area contributed by atoms with E-state index in [-0.39, 0.29) is 18.0 Å². The molecule has 2 atom stereocenters. The van der Waals surface area contributed by atoms with Gasteiger partial charge >= 0.3 is 0 Å². The molecule has 0 aliphatic heterocycles. The highest BCUT2D eigenvalue weighted by molar-refractivity contribution is 7.07. The van der Waals surface area contributed by atoms with Crippen molar-refractivity contribution < 1.29 is 4.79 Å². The molecule has 78 valence electrons. The lowest BCUT2D eigenvalue weighted by Crippen LogP contribution is -2.41. The van der Waals surface area contributed by atoms with Crippen LogP contribution < -0.4 is 10.6 Å². The van der Waals surface area contributed by atoms with Crippen LogP contribution in [-0.2, 0) is 4.79 Å². The van der Waals surface area contributed by atoms with Crippen molar-refractivity contribution in [3.8, 4) is 0 Å². The van der Waals surface area contributed by atoms with Crippen molar-refractivity contribution in [1.82, 2.24) is 15.6 Å². The number of amides is 1. The molecular weight excluding hydrogens is 198 g/mol. The van der Waals surface area contributed by atoms with E-state index in [1.54, 1.807) is 23.9 Å². The minimum Gasteiger partial charge on any atom is -0.358 e. The monoisotopic (exact) mass is 213 g/mol. The van der Waals surface area contributed by atoms with Gasteiger partial charge in [0.1, 0.15) is 0 Å². The van der Waals surface area contributed by atoms with Crippen molar-refractivity contribution in [2.75, 3.05) is 7.05 Å². The molecule has 2 N–H and O–H groups in total. The van der Waals surface area contributed by atoms with E-state index in [4.69, 9.17) is 0 Å². The number of rotatable bonds is 4. The van der Waals surface area contributed by atoms with Gasteiger partial charge in [0.2, 0.25) is 5.91 Å². The summed E-state index contributed by atoms with van der Waals surface area (Å²) in [6, 6.07) is -0.0924. The average molecular weight is 213 g/mol. The molecule has 0 saturated carbocycles. The van der Waals surface area contributed by atoms with Crippen LogP contribution in [0.4, 0.5) is 0 Å². The topological polar surface area (TPSA) is 54.0 Å². The summed E-state index contributed by atoms with van der Waals surface area (Å²) in [5, 5.41) is 7.74. The predicted molar refractivity (Wildman–Crippen MR) is 57.2 cm³/mol. The summed E-state index contributed by atoms with van der Waals surface area (Å²) in [7, 11) is 1.63. The molecule has 14 heavy (non-hydrogen) atoms. The zero-order valence-corrected chi connectivity index (χ0v) is 9.39. The molecule has 0 spiro atoms. The third-order valence-electron chi connectivity index (χ3n) is 2.03. The summed E-state index contributed by atoms with van der Waals surface area (Å²) in [5.41, 5.74) is 2.77. The fourth-order valence-electron chi connectivity index (χ4n) is 1.19. The van der Waals surface area contributed by atoms with Gasteiger partial charge in [-0.15, -0.1) is 11.3 Å². The summed E-state index contributed by atoms with van der Waals surface area (Å²) in [4.78, 5) is 15.4. The van der Waals surface area contributed by atoms with Crippen LogP contribution in [0.3, 0.4) is 0 Å².